The summed E-state index contributed by atoms with van der Waals surface area (Å²) in [4.78, 5) is 8.87. The second kappa shape index (κ2) is 11.4. The summed E-state index contributed by atoms with van der Waals surface area (Å²) in [6.07, 6.45) is 2.65. The van der Waals surface area contributed by atoms with Crippen LogP contribution in [0.25, 0.3) is 0 Å². The first-order chi connectivity index (χ1) is 11.3. The Balaban J connectivity index is 0.00000288. The molecule has 0 amide bonds. The van der Waals surface area contributed by atoms with E-state index in [-0.39, 0.29) is 24.0 Å². The minimum atomic E-state index is 0. The zero-order valence-corrected chi connectivity index (χ0v) is 16.0. The molecule has 0 spiro atoms. The molecule has 0 aliphatic rings. The highest BCUT2D eigenvalue weighted by Crippen LogP contribution is 2.04. The van der Waals surface area contributed by atoms with E-state index in [9.17, 15) is 0 Å². The van der Waals surface area contributed by atoms with Crippen molar-refractivity contribution in [3.05, 3.63) is 65.5 Å². The first-order valence-corrected chi connectivity index (χ1v) is 7.73. The normalized spacial score (nSPS) is 10.4. The predicted octanol–water partition coefficient (Wildman–Crippen LogP) is 2.87. The van der Waals surface area contributed by atoms with Crippen LogP contribution >= 0.6 is 24.0 Å². The van der Waals surface area contributed by atoms with Crippen molar-refractivity contribution >= 4 is 29.9 Å². The molecule has 5 nitrogen and oxygen atoms in total. The number of guanidine groups is 1. The third-order valence-electron chi connectivity index (χ3n) is 3.25. The zero-order valence-electron chi connectivity index (χ0n) is 13.7. The molecule has 0 unspecified atom stereocenters. The van der Waals surface area contributed by atoms with Gasteiger partial charge in [-0.2, -0.15) is 5.26 Å². The maximum atomic E-state index is 8.81. The summed E-state index contributed by atoms with van der Waals surface area (Å²) < 4.78 is 0. The summed E-state index contributed by atoms with van der Waals surface area (Å²) in [6, 6.07) is 15.5. The molecule has 0 radical (unpaired) electrons. The van der Waals surface area contributed by atoms with E-state index in [0.717, 1.165) is 36.7 Å². The molecule has 0 atom stereocenters. The van der Waals surface area contributed by atoms with Gasteiger partial charge in [-0.1, -0.05) is 18.2 Å². The van der Waals surface area contributed by atoms with Gasteiger partial charge in [-0.25, -0.2) is 4.99 Å². The van der Waals surface area contributed by atoms with Crippen molar-refractivity contribution in [2.45, 2.75) is 19.9 Å². The minimum absolute atomic E-state index is 0. The number of benzene rings is 1. The SMILES string of the molecule is CCNC(=NCc1ccc(C#N)cc1)NCCc1ccccn1.I. The number of hydrogen-bond donors (Lipinski definition) is 2. The van der Waals surface area contributed by atoms with Gasteiger partial charge in [-0.3, -0.25) is 4.98 Å². The van der Waals surface area contributed by atoms with Gasteiger partial charge in [0.1, 0.15) is 0 Å². The lowest BCUT2D eigenvalue weighted by molar-refractivity contribution is 0.788. The molecule has 1 heterocycles. The van der Waals surface area contributed by atoms with Gasteiger partial charge in [0.2, 0.25) is 0 Å². The second-order valence-corrected chi connectivity index (χ2v) is 5.00. The lowest BCUT2D eigenvalue weighted by Crippen LogP contribution is -2.38. The molecule has 1 aromatic carbocycles. The summed E-state index contributed by atoms with van der Waals surface area (Å²) in [5, 5.41) is 15.3. The lowest BCUT2D eigenvalue weighted by atomic mass is 10.1. The zero-order chi connectivity index (χ0) is 16.3. The number of nitrogens with one attached hydrogen (secondary N) is 2. The Morgan fingerprint density at radius 3 is 2.58 bits per heavy atom. The Morgan fingerprint density at radius 2 is 1.96 bits per heavy atom. The van der Waals surface area contributed by atoms with Gasteiger partial charge >= 0.3 is 0 Å². The van der Waals surface area contributed by atoms with Gasteiger partial charge < -0.3 is 10.6 Å². The highest BCUT2D eigenvalue weighted by molar-refractivity contribution is 14.0. The molecule has 0 aliphatic heterocycles. The maximum absolute atomic E-state index is 8.81. The number of pyridine rings is 1. The van der Waals surface area contributed by atoms with E-state index in [1.165, 1.54) is 0 Å². The highest BCUT2D eigenvalue weighted by Gasteiger charge is 1.99. The van der Waals surface area contributed by atoms with E-state index in [0.29, 0.717) is 12.1 Å². The fourth-order valence-corrected chi connectivity index (χ4v) is 2.05. The van der Waals surface area contributed by atoms with Crippen LogP contribution < -0.4 is 10.6 Å². The Bertz CT molecular complexity index is 662. The maximum Gasteiger partial charge on any atom is 0.191 e. The number of aliphatic imine (C=N–C) groups is 1. The largest absolute Gasteiger partial charge is 0.357 e. The number of rotatable bonds is 6. The standard InChI is InChI=1S/C18H21N5.HI/c1-2-20-18(22-12-10-17-5-3-4-11-21-17)23-14-16-8-6-15(13-19)7-9-16;/h3-9,11H,2,10,12,14H2,1H3,(H2,20,22,23);1H. The van der Waals surface area contributed by atoms with Crippen molar-refractivity contribution in [3.8, 4) is 6.07 Å². The summed E-state index contributed by atoms with van der Waals surface area (Å²) in [7, 11) is 0. The number of aromatic nitrogens is 1. The van der Waals surface area contributed by atoms with Crippen LogP contribution in [-0.4, -0.2) is 24.0 Å². The van der Waals surface area contributed by atoms with E-state index in [1.54, 1.807) is 6.20 Å². The van der Waals surface area contributed by atoms with Gasteiger partial charge in [0.25, 0.3) is 0 Å². The number of halogens is 1. The Kier molecular flexibility index (Phi) is 9.46. The fourth-order valence-electron chi connectivity index (χ4n) is 2.05. The van der Waals surface area contributed by atoms with Crippen LogP contribution in [0.2, 0.25) is 0 Å². The van der Waals surface area contributed by atoms with E-state index in [1.807, 2.05) is 49.4 Å². The average Bonchev–Trinajstić information content (AvgIpc) is 2.61. The molecule has 1 aromatic heterocycles. The van der Waals surface area contributed by atoms with Crippen LogP contribution in [0.3, 0.4) is 0 Å². The van der Waals surface area contributed by atoms with Crippen molar-refractivity contribution in [2.24, 2.45) is 4.99 Å². The average molecular weight is 435 g/mol. The van der Waals surface area contributed by atoms with Crippen LogP contribution in [-0.2, 0) is 13.0 Å². The van der Waals surface area contributed by atoms with Crippen LogP contribution in [0.1, 0.15) is 23.7 Å². The number of nitrogens with zero attached hydrogens (tertiary/aromatic N) is 3. The number of hydrogen-bond acceptors (Lipinski definition) is 3. The molecule has 24 heavy (non-hydrogen) atoms. The van der Waals surface area contributed by atoms with Crippen molar-refractivity contribution in [3.63, 3.8) is 0 Å². The predicted molar refractivity (Wildman–Crippen MR) is 107 cm³/mol. The van der Waals surface area contributed by atoms with Crippen LogP contribution in [0, 0.1) is 11.3 Å². The van der Waals surface area contributed by atoms with E-state index < -0.39 is 0 Å². The van der Waals surface area contributed by atoms with Gasteiger partial charge in [0, 0.05) is 31.4 Å². The first kappa shape index (κ1) is 19.9. The molecule has 2 aromatic rings. The first-order valence-electron chi connectivity index (χ1n) is 7.73. The molecule has 6 heteroatoms. The molecule has 0 saturated carbocycles. The Hall–Kier alpha value is -2.14. The summed E-state index contributed by atoms with van der Waals surface area (Å²) in [5.74, 6) is 0.785. The molecule has 2 rings (SSSR count). The Labute approximate surface area is 160 Å². The molecule has 2 N–H and O–H groups in total. The van der Waals surface area contributed by atoms with E-state index >= 15 is 0 Å². The van der Waals surface area contributed by atoms with Crippen molar-refractivity contribution in [1.29, 1.82) is 5.26 Å². The summed E-state index contributed by atoms with van der Waals surface area (Å²) in [5.41, 5.74) is 2.80. The topological polar surface area (TPSA) is 73.1 Å². The number of nitriles is 1. The van der Waals surface area contributed by atoms with Crippen molar-refractivity contribution in [1.82, 2.24) is 15.6 Å². The third-order valence-corrected chi connectivity index (χ3v) is 3.25. The smallest absolute Gasteiger partial charge is 0.191 e. The molecule has 0 bridgehead atoms. The van der Waals surface area contributed by atoms with Gasteiger partial charge in [-0.15, -0.1) is 24.0 Å². The molecule has 0 aliphatic carbocycles. The molecule has 126 valence electrons. The molecule has 0 fully saturated rings. The van der Waals surface area contributed by atoms with Gasteiger partial charge in [0.05, 0.1) is 18.2 Å². The molecule has 0 saturated heterocycles. The van der Waals surface area contributed by atoms with Crippen molar-refractivity contribution in [2.75, 3.05) is 13.1 Å². The van der Waals surface area contributed by atoms with Gasteiger partial charge in [0.15, 0.2) is 5.96 Å². The monoisotopic (exact) mass is 435 g/mol. The van der Waals surface area contributed by atoms with Crippen molar-refractivity contribution < 1.29 is 0 Å². The molecular weight excluding hydrogens is 413 g/mol. The quantitative estimate of drug-likeness (QED) is 0.416. The van der Waals surface area contributed by atoms with E-state index in [2.05, 4.69) is 26.7 Å². The highest BCUT2D eigenvalue weighted by atomic mass is 127. The minimum Gasteiger partial charge on any atom is -0.357 e. The third kappa shape index (κ3) is 6.96. The fraction of sp³-hybridized carbons (Fsp3) is 0.278. The second-order valence-electron chi connectivity index (χ2n) is 5.00. The molecular formula is C18H22IN5. The van der Waals surface area contributed by atoms with E-state index in [4.69, 9.17) is 5.26 Å². The van der Waals surface area contributed by atoms with Crippen LogP contribution in [0.5, 0.6) is 0 Å². The lowest BCUT2D eigenvalue weighted by Gasteiger charge is -2.11. The Morgan fingerprint density at radius 1 is 1.17 bits per heavy atom. The van der Waals surface area contributed by atoms with Gasteiger partial charge in [-0.05, 0) is 36.8 Å². The summed E-state index contributed by atoms with van der Waals surface area (Å²) >= 11 is 0. The van der Waals surface area contributed by atoms with Crippen LogP contribution in [0.4, 0.5) is 0 Å². The summed E-state index contributed by atoms with van der Waals surface area (Å²) in [6.45, 7) is 4.20. The van der Waals surface area contributed by atoms with Crippen LogP contribution in [0.15, 0.2) is 53.7 Å².